The topological polar surface area (TPSA) is 49.8 Å². The number of nitrogens with zero attached hydrogens (tertiary/aromatic N) is 1. The number of hydrogen-bond acceptors (Lipinski definition) is 6. The minimum absolute atomic E-state index is 0.272. The van der Waals surface area contributed by atoms with Gasteiger partial charge in [-0.25, -0.2) is 4.98 Å². The number of benzene rings is 4. The second-order valence-electron chi connectivity index (χ2n) is 11.6. The van der Waals surface area contributed by atoms with E-state index in [4.69, 9.17) is 23.9 Å². The summed E-state index contributed by atoms with van der Waals surface area (Å²) in [4.78, 5) is 5.98. The molecule has 4 atom stereocenters. The average Bonchev–Trinajstić information content (AvgIpc) is 3.69. The third kappa shape index (κ3) is 5.24. The monoisotopic (exact) mass is 589 g/mol. The average molecular weight is 590 g/mol. The molecular weight excluding hydrogens is 554 g/mol. The second kappa shape index (κ2) is 11.5. The standard InChI is InChI=1S/C37H35NO4S/c1-25-34(43-35(38-25)26-16-8-4-9-17-26)33-32-31(41-36(2,3)42-32)30(40-33)24-39-37(27-18-10-5-11-19-27,28-20-12-6-13-21-28)29-22-14-7-15-23-29/h4-23,30-33H,24H2,1-3H3/t30-,31-,32-,33-/m1/s1. The maximum atomic E-state index is 7.16. The molecule has 5 aromatic rings. The zero-order valence-corrected chi connectivity index (χ0v) is 25.4. The Bertz CT molecular complexity index is 1560. The van der Waals surface area contributed by atoms with Crippen LogP contribution in [0, 0.1) is 6.92 Å². The maximum absolute atomic E-state index is 7.16. The Hall–Kier alpha value is -3.65. The fourth-order valence-corrected chi connectivity index (χ4v) is 7.52. The van der Waals surface area contributed by atoms with Gasteiger partial charge < -0.3 is 18.9 Å². The van der Waals surface area contributed by atoms with E-state index >= 15 is 0 Å². The highest BCUT2D eigenvalue weighted by atomic mass is 32.1. The molecule has 3 heterocycles. The van der Waals surface area contributed by atoms with Crippen LogP contribution in [0.2, 0.25) is 0 Å². The van der Waals surface area contributed by atoms with Crippen molar-refractivity contribution in [2.45, 2.75) is 56.6 Å². The fraction of sp³-hybridized carbons (Fsp3) is 0.270. The van der Waals surface area contributed by atoms with Crippen molar-refractivity contribution in [3.05, 3.63) is 149 Å². The molecule has 4 aromatic carbocycles. The molecule has 0 saturated carbocycles. The van der Waals surface area contributed by atoms with Gasteiger partial charge in [0, 0.05) is 5.56 Å². The van der Waals surface area contributed by atoms with E-state index in [9.17, 15) is 0 Å². The quantitative estimate of drug-likeness (QED) is 0.171. The van der Waals surface area contributed by atoms with Crippen LogP contribution in [-0.4, -0.2) is 35.7 Å². The van der Waals surface area contributed by atoms with Gasteiger partial charge in [-0.3, -0.25) is 0 Å². The number of aromatic nitrogens is 1. The maximum Gasteiger partial charge on any atom is 0.164 e. The zero-order valence-electron chi connectivity index (χ0n) is 24.6. The van der Waals surface area contributed by atoms with Crippen molar-refractivity contribution in [3.63, 3.8) is 0 Å². The smallest absolute Gasteiger partial charge is 0.164 e. The van der Waals surface area contributed by atoms with Gasteiger partial charge in [-0.15, -0.1) is 11.3 Å². The lowest BCUT2D eigenvalue weighted by atomic mass is 9.80. The molecule has 6 heteroatoms. The normalized spacial score (nSPS) is 22.9. The van der Waals surface area contributed by atoms with Gasteiger partial charge in [0.2, 0.25) is 0 Å². The molecular formula is C37H35NO4S. The van der Waals surface area contributed by atoms with Gasteiger partial charge in [-0.1, -0.05) is 121 Å². The number of aryl methyl sites for hydroxylation is 1. The van der Waals surface area contributed by atoms with E-state index in [0.29, 0.717) is 6.61 Å². The SMILES string of the molecule is Cc1nc(-c2ccccc2)sc1[C@@H]1O[C@H](COC(c2ccccc2)(c2ccccc2)c2ccccc2)[C@H]2OC(C)(C)O[C@H]21. The van der Waals surface area contributed by atoms with Crippen molar-refractivity contribution in [2.75, 3.05) is 6.61 Å². The first-order valence-electron chi connectivity index (χ1n) is 14.8. The molecule has 0 N–H and O–H groups in total. The molecule has 0 bridgehead atoms. The van der Waals surface area contributed by atoms with Crippen LogP contribution < -0.4 is 0 Å². The van der Waals surface area contributed by atoms with Crippen LogP contribution in [0.5, 0.6) is 0 Å². The number of fused-ring (bicyclic) bond motifs is 1. The summed E-state index contributed by atoms with van der Waals surface area (Å²) in [5, 5.41) is 0.974. The van der Waals surface area contributed by atoms with Crippen LogP contribution in [-0.2, 0) is 24.5 Å². The van der Waals surface area contributed by atoms with E-state index in [1.807, 2.05) is 57.2 Å². The van der Waals surface area contributed by atoms with E-state index in [1.54, 1.807) is 11.3 Å². The highest BCUT2D eigenvalue weighted by Gasteiger charge is 2.57. The summed E-state index contributed by atoms with van der Waals surface area (Å²) in [7, 11) is 0. The summed E-state index contributed by atoms with van der Waals surface area (Å²) in [5.74, 6) is -0.730. The zero-order chi connectivity index (χ0) is 29.4. The van der Waals surface area contributed by atoms with E-state index in [0.717, 1.165) is 37.8 Å². The first kappa shape index (κ1) is 28.1. The number of ether oxygens (including phenoxy) is 4. The second-order valence-corrected chi connectivity index (χ2v) is 12.6. The minimum Gasteiger partial charge on any atom is -0.361 e. The molecule has 5 nitrogen and oxygen atoms in total. The van der Waals surface area contributed by atoms with Gasteiger partial charge in [0.25, 0.3) is 0 Å². The van der Waals surface area contributed by atoms with Crippen LogP contribution in [0.15, 0.2) is 121 Å². The number of hydrogen-bond donors (Lipinski definition) is 0. The van der Waals surface area contributed by atoms with Crippen LogP contribution in [0.4, 0.5) is 0 Å². The molecule has 2 fully saturated rings. The Balaban J connectivity index is 1.26. The largest absolute Gasteiger partial charge is 0.361 e. The summed E-state index contributed by atoms with van der Waals surface area (Å²) in [6.07, 6.45) is -1.23. The Morgan fingerprint density at radius 3 is 1.74 bits per heavy atom. The van der Waals surface area contributed by atoms with E-state index in [1.165, 1.54) is 0 Å². The molecule has 0 radical (unpaired) electrons. The summed E-state index contributed by atoms with van der Waals surface area (Å²) >= 11 is 1.66. The third-order valence-electron chi connectivity index (χ3n) is 8.27. The first-order valence-corrected chi connectivity index (χ1v) is 15.6. The molecule has 2 saturated heterocycles. The van der Waals surface area contributed by atoms with Crippen molar-refractivity contribution in [1.82, 2.24) is 4.98 Å². The van der Waals surface area contributed by atoms with Gasteiger partial charge in [-0.05, 0) is 37.5 Å². The van der Waals surface area contributed by atoms with E-state index in [2.05, 4.69) is 84.9 Å². The van der Waals surface area contributed by atoms with E-state index in [-0.39, 0.29) is 24.4 Å². The van der Waals surface area contributed by atoms with Gasteiger partial charge in [0.1, 0.15) is 35.0 Å². The molecule has 2 aliphatic heterocycles. The third-order valence-corrected chi connectivity index (χ3v) is 9.53. The van der Waals surface area contributed by atoms with Gasteiger partial charge in [-0.2, -0.15) is 0 Å². The fourth-order valence-electron chi connectivity index (χ4n) is 6.38. The van der Waals surface area contributed by atoms with Gasteiger partial charge >= 0.3 is 0 Å². The van der Waals surface area contributed by atoms with Crippen molar-refractivity contribution < 1.29 is 18.9 Å². The van der Waals surface area contributed by atoms with Crippen molar-refractivity contribution in [3.8, 4) is 10.6 Å². The molecule has 0 unspecified atom stereocenters. The Morgan fingerprint density at radius 2 is 1.21 bits per heavy atom. The molecule has 0 spiro atoms. The summed E-state index contributed by atoms with van der Waals surface area (Å²) in [5.41, 5.74) is 4.35. The Morgan fingerprint density at radius 1 is 0.721 bits per heavy atom. The van der Waals surface area contributed by atoms with Crippen molar-refractivity contribution in [2.24, 2.45) is 0 Å². The van der Waals surface area contributed by atoms with Gasteiger partial charge in [0.15, 0.2) is 5.79 Å². The van der Waals surface area contributed by atoms with E-state index < -0.39 is 11.4 Å². The lowest BCUT2D eigenvalue weighted by Crippen LogP contribution is -2.39. The van der Waals surface area contributed by atoms with Crippen LogP contribution in [0.1, 0.15) is 47.2 Å². The minimum atomic E-state index is -0.851. The van der Waals surface area contributed by atoms with Crippen LogP contribution in [0.25, 0.3) is 10.6 Å². The molecule has 0 amide bonds. The molecule has 218 valence electrons. The predicted octanol–water partition coefficient (Wildman–Crippen LogP) is 8.09. The Kier molecular flexibility index (Phi) is 7.49. The molecule has 7 rings (SSSR count). The molecule has 43 heavy (non-hydrogen) atoms. The Labute approximate surface area is 257 Å². The lowest BCUT2D eigenvalue weighted by Gasteiger charge is -2.37. The van der Waals surface area contributed by atoms with Gasteiger partial charge in [0.05, 0.1) is 17.2 Å². The molecule has 2 aliphatic rings. The molecule has 1 aromatic heterocycles. The van der Waals surface area contributed by atoms with Crippen molar-refractivity contribution >= 4 is 11.3 Å². The number of thiazole rings is 1. The summed E-state index contributed by atoms with van der Waals surface area (Å²) in [6.45, 7) is 6.29. The predicted molar refractivity (Wildman–Crippen MR) is 169 cm³/mol. The lowest BCUT2D eigenvalue weighted by molar-refractivity contribution is -0.196. The summed E-state index contributed by atoms with van der Waals surface area (Å²) in [6, 6.07) is 41.5. The number of rotatable bonds is 8. The van der Waals surface area contributed by atoms with Crippen LogP contribution >= 0.6 is 11.3 Å². The molecule has 0 aliphatic carbocycles. The summed E-state index contributed by atoms with van der Waals surface area (Å²) < 4.78 is 27.0. The van der Waals surface area contributed by atoms with Crippen LogP contribution in [0.3, 0.4) is 0 Å². The first-order chi connectivity index (χ1) is 20.9. The highest BCUT2D eigenvalue weighted by Crippen LogP contribution is 2.49. The highest BCUT2D eigenvalue weighted by molar-refractivity contribution is 7.15. The van der Waals surface area contributed by atoms with Crippen molar-refractivity contribution in [1.29, 1.82) is 0 Å².